The molecule has 0 unspecified atom stereocenters. The lowest BCUT2D eigenvalue weighted by molar-refractivity contribution is 0.111. The van der Waals surface area contributed by atoms with Crippen LogP contribution in [-0.4, -0.2) is 20.8 Å². The highest BCUT2D eigenvalue weighted by atomic mass is 16.3. The zero-order valence-corrected chi connectivity index (χ0v) is 8.62. The summed E-state index contributed by atoms with van der Waals surface area (Å²) in [6.07, 6.45) is 0.623. The van der Waals surface area contributed by atoms with Crippen molar-refractivity contribution in [3.8, 4) is 11.4 Å². The van der Waals surface area contributed by atoms with Crippen LogP contribution in [0.25, 0.3) is 5.69 Å². The van der Waals surface area contributed by atoms with Crippen molar-refractivity contribution in [3.63, 3.8) is 0 Å². The van der Waals surface area contributed by atoms with Crippen molar-refractivity contribution in [1.29, 1.82) is 0 Å². The Morgan fingerprint density at radius 3 is 2.38 bits per heavy atom. The Bertz CT molecular complexity index is 578. The van der Waals surface area contributed by atoms with Gasteiger partial charge in [0, 0.05) is 13.1 Å². The van der Waals surface area contributed by atoms with Crippen molar-refractivity contribution in [3.05, 3.63) is 46.4 Å². The molecule has 82 valence electrons. The molecule has 0 aliphatic rings. The molecule has 0 saturated heterocycles. The summed E-state index contributed by atoms with van der Waals surface area (Å²) in [7, 11) is 1.62. The fourth-order valence-corrected chi connectivity index (χ4v) is 1.55. The Labute approximate surface area is 91.2 Å². The standard InChI is InChI=1S/C11H10N2O3/c1-12-9(7-14)6-11(16)13(12)8-2-4-10(15)5-3-8/h2-7,15H,1H3. The lowest BCUT2D eigenvalue weighted by atomic mass is 10.3. The Balaban J connectivity index is 2.64. The second-order valence-electron chi connectivity index (χ2n) is 3.38. The third-order valence-corrected chi connectivity index (χ3v) is 2.37. The van der Waals surface area contributed by atoms with Gasteiger partial charge >= 0.3 is 0 Å². The van der Waals surface area contributed by atoms with Crippen LogP contribution in [0.15, 0.2) is 35.1 Å². The van der Waals surface area contributed by atoms with Crippen LogP contribution < -0.4 is 5.56 Å². The molecule has 5 nitrogen and oxygen atoms in total. The topological polar surface area (TPSA) is 64.2 Å². The molecular weight excluding hydrogens is 208 g/mol. The number of carbonyl (C=O) groups is 1. The molecule has 0 radical (unpaired) electrons. The van der Waals surface area contributed by atoms with E-state index < -0.39 is 0 Å². The number of carbonyl (C=O) groups excluding carboxylic acids is 1. The van der Waals surface area contributed by atoms with E-state index in [1.165, 1.54) is 27.6 Å². The van der Waals surface area contributed by atoms with Crippen LogP contribution in [0.1, 0.15) is 10.5 Å². The average Bonchev–Trinajstić information content (AvgIpc) is 2.56. The second-order valence-corrected chi connectivity index (χ2v) is 3.38. The minimum absolute atomic E-state index is 0.126. The molecule has 2 rings (SSSR count). The largest absolute Gasteiger partial charge is 0.508 e. The number of nitrogens with zero attached hydrogens (tertiary/aromatic N) is 2. The number of aromatic nitrogens is 2. The number of phenols is 1. The molecule has 0 atom stereocenters. The van der Waals surface area contributed by atoms with Crippen LogP contribution in [0.3, 0.4) is 0 Å². The molecule has 1 heterocycles. The number of rotatable bonds is 2. The first kappa shape index (κ1) is 10.2. The van der Waals surface area contributed by atoms with Gasteiger partial charge in [0.15, 0.2) is 6.29 Å². The van der Waals surface area contributed by atoms with Crippen LogP contribution >= 0.6 is 0 Å². The fourth-order valence-electron chi connectivity index (χ4n) is 1.55. The molecule has 0 aliphatic carbocycles. The van der Waals surface area contributed by atoms with E-state index in [2.05, 4.69) is 0 Å². The van der Waals surface area contributed by atoms with Gasteiger partial charge in [-0.15, -0.1) is 0 Å². The quantitative estimate of drug-likeness (QED) is 0.754. The number of aldehydes is 1. The zero-order valence-electron chi connectivity index (χ0n) is 8.62. The van der Waals surface area contributed by atoms with Crippen molar-refractivity contribution in [2.45, 2.75) is 0 Å². The summed E-state index contributed by atoms with van der Waals surface area (Å²) in [5.74, 6) is 0.126. The molecule has 0 aliphatic heterocycles. The molecule has 0 bridgehead atoms. The van der Waals surface area contributed by atoms with Crippen LogP contribution in [0.4, 0.5) is 0 Å². The number of hydrogen-bond donors (Lipinski definition) is 1. The fraction of sp³-hybridized carbons (Fsp3) is 0.0909. The van der Waals surface area contributed by atoms with E-state index >= 15 is 0 Å². The molecule has 1 N–H and O–H groups in total. The molecule has 2 aromatic rings. The van der Waals surface area contributed by atoms with Gasteiger partial charge in [0.05, 0.1) is 5.69 Å². The number of phenolic OH excluding ortho intramolecular Hbond substituents is 1. The summed E-state index contributed by atoms with van der Waals surface area (Å²) in [5.41, 5.74) is 0.617. The first-order valence-corrected chi connectivity index (χ1v) is 4.67. The molecule has 0 fully saturated rings. The van der Waals surface area contributed by atoms with Crippen molar-refractivity contribution >= 4 is 6.29 Å². The summed E-state index contributed by atoms with van der Waals surface area (Å²) < 4.78 is 2.81. The third-order valence-electron chi connectivity index (χ3n) is 2.37. The minimum atomic E-state index is -0.282. The summed E-state index contributed by atoms with van der Waals surface area (Å²) in [6, 6.07) is 7.43. The van der Waals surface area contributed by atoms with Gasteiger partial charge in [-0.25, -0.2) is 4.68 Å². The van der Waals surface area contributed by atoms with Gasteiger partial charge in [0.2, 0.25) is 0 Å². The zero-order chi connectivity index (χ0) is 11.7. The molecule has 1 aromatic carbocycles. The predicted octanol–water partition coefficient (Wildman–Crippen LogP) is 0.694. The van der Waals surface area contributed by atoms with E-state index in [-0.39, 0.29) is 11.3 Å². The first-order chi connectivity index (χ1) is 7.63. The SMILES string of the molecule is Cn1c(C=O)cc(=O)n1-c1ccc(O)cc1. The van der Waals surface area contributed by atoms with Crippen molar-refractivity contribution in [2.24, 2.45) is 7.05 Å². The average molecular weight is 218 g/mol. The van der Waals surface area contributed by atoms with E-state index in [0.29, 0.717) is 17.7 Å². The lowest BCUT2D eigenvalue weighted by Crippen LogP contribution is -2.19. The van der Waals surface area contributed by atoms with Gasteiger partial charge in [-0.1, -0.05) is 0 Å². The summed E-state index contributed by atoms with van der Waals surface area (Å²) >= 11 is 0. The number of benzene rings is 1. The normalized spacial score (nSPS) is 10.3. The molecule has 1 aromatic heterocycles. The molecule has 16 heavy (non-hydrogen) atoms. The highest BCUT2D eigenvalue weighted by Crippen LogP contribution is 2.12. The van der Waals surface area contributed by atoms with E-state index in [0.717, 1.165) is 0 Å². The Morgan fingerprint density at radius 1 is 1.25 bits per heavy atom. The number of hydrogen-bond acceptors (Lipinski definition) is 3. The van der Waals surface area contributed by atoms with E-state index in [9.17, 15) is 9.59 Å². The molecular formula is C11H10N2O3. The van der Waals surface area contributed by atoms with Gasteiger partial charge in [0.25, 0.3) is 5.56 Å². The molecule has 0 spiro atoms. The summed E-state index contributed by atoms with van der Waals surface area (Å²) in [5, 5.41) is 9.14. The first-order valence-electron chi connectivity index (χ1n) is 4.67. The van der Waals surface area contributed by atoms with Gasteiger partial charge < -0.3 is 5.11 Å². The monoisotopic (exact) mass is 218 g/mol. The molecule has 0 saturated carbocycles. The van der Waals surface area contributed by atoms with Crippen molar-refractivity contribution in [2.75, 3.05) is 0 Å². The van der Waals surface area contributed by atoms with Crippen LogP contribution in [0.2, 0.25) is 0 Å². The maximum atomic E-state index is 11.6. The predicted molar refractivity (Wildman–Crippen MR) is 58.1 cm³/mol. The lowest BCUT2D eigenvalue weighted by Gasteiger charge is -2.07. The third kappa shape index (κ3) is 1.52. The summed E-state index contributed by atoms with van der Waals surface area (Å²) in [6.45, 7) is 0. The maximum absolute atomic E-state index is 11.6. The van der Waals surface area contributed by atoms with Gasteiger partial charge in [0.1, 0.15) is 11.4 Å². The van der Waals surface area contributed by atoms with Crippen molar-refractivity contribution < 1.29 is 9.90 Å². The van der Waals surface area contributed by atoms with Gasteiger partial charge in [-0.05, 0) is 24.3 Å². The van der Waals surface area contributed by atoms with Crippen molar-refractivity contribution in [1.82, 2.24) is 9.36 Å². The maximum Gasteiger partial charge on any atom is 0.272 e. The highest BCUT2D eigenvalue weighted by Gasteiger charge is 2.08. The Kier molecular flexibility index (Phi) is 2.36. The van der Waals surface area contributed by atoms with Gasteiger partial charge in [-0.3, -0.25) is 14.3 Å². The van der Waals surface area contributed by atoms with E-state index in [1.54, 1.807) is 19.2 Å². The Morgan fingerprint density at radius 2 is 1.88 bits per heavy atom. The van der Waals surface area contributed by atoms with Crippen LogP contribution in [0, 0.1) is 0 Å². The van der Waals surface area contributed by atoms with E-state index in [1.807, 2.05) is 0 Å². The van der Waals surface area contributed by atoms with Crippen LogP contribution in [0.5, 0.6) is 5.75 Å². The molecule has 5 heteroatoms. The second kappa shape index (κ2) is 3.69. The van der Waals surface area contributed by atoms with E-state index in [4.69, 9.17) is 5.11 Å². The molecule has 0 amide bonds. The summed E-state index contributed by atoms with van der Waals surface area (Å²) in [4.78, 5) is 22.3. The van der Waals surface area contributed by atoms with Crippen LogP contribution in [-0.2, 0) is 7.05 Å². The highest BCUT2D eigenvalue weighted by molar-refractivity contribution is 5.71. The number of aromatic hydroxyl groups is 1. The van der Waals surface area contributed by atoms with Gasteiger partial charge in [-0.2, -0.15) is 0 Å². The minimum Gasteiger partial charge on any atom is -0.508 e. The smallest absolute Gasteiger partial charge is 0.272 e. The Hall–Kier alpha value is -2.30.